The maximum Gasteiger partial charge on any atom is 0.147 e. The molecule has 0 spiro atoms. The fraction of sp³-hybridized carbons (Fsp3) is 0.0500. The van der Waals surface area contributed by atoms with Gasteiger partial charge >= 0.3 is 0 Å². The summed E-state index contributed by atoms with van der Waals surface area (Å²) >= 11 is 12.3. The Morgan fingerprint density at radius 3 is 2.69 bits per heavy atom. The molecule has 0 fully saturated rings. The van der Waals surface area contributed by atoms with E-state index in [1.807, 2.05) is 30.3 Å². The third-order valence-corrected chi connectivity index (χ3v) is 4.70. The van der Waals surface area contributed by atoms with E-state index < -0.39 is 6.04 Å². The maximum atomic E-state index is 10.8. The summed E-state index contributed by atoms with van der Waals surface area (Å²) in [5, 5.41) is 16.0. The molecule has 4 nitrogen and oxygen atoms in total. The van der Waals surface area contributed by atoms with Crippen LogP contribution in [0.15, 0.2) is 71.5 Å². The highest BCUT2D eigenvalue weighted by Crippen LogP contribution is 2.38. The summed E-state index contributed by atoms with van der Waals surface area (Å²) in [5.41, 5.74) is 1.85. The van der Waals surface area contributed by atoms with E-state index in [9.17, 15) is 5.11 Å². The lowest BCUT2D eigenvalue weighted by Crippen LogP contribution is -2.12. The Labute approximate surface area is 160 Å². The van der Waals surface area contributed by atoms with E-state index in [0.29, 0.717) is 32.6 Å². The Balaban J connectivity index is 1.83. The van der Waals surface area contributed by atoms with Gasteiger partial charge in [-0.15, -0.1) is 0 Å². The number of rotatable bonds is 4. The minimum Gasteiger partial charge on any atom is -0.505 e. The number of anilines is 1. The van der Waals surface area contributed by atoms with Gasteiger partial charge < -0.3 is 14.8 Å². The van der Waals surface area contributed by atoms with E-state index in [-0.39, 0.29) is 5.75 Å². The van der Waals surface area contributed by atoms with Crippen molar-refractivity contribution in [3.8, 4) is 5.75 Å². The Hall–Kier alpha value is -2.69. The van der Waals surface area contributed by atoms with E-state index in [2.05, 4.69) is 10.3 Å². The zero-order valence-corrected chi connectivity index (χ0v) is 15.0. The molecule has 26 heavy (non-hydrogen) atoms. The van der Waals surface area contributed by atoms with Crippen LogP contribution < -0.4 is 5.32 Å². The summed E-state index contributed by atoms with van der Waals surface area (Å²) in [6, 6.07) is 15.9. The van der Waals surface area contributed by atoms with Gasteiger partial charge in [-0.3, -0.25) is 4.98 Å². The number of hydrogen-bond donors (Lipinski definition) is 2. The molecule has 4 rings (SSSR count). The minimum absolute atomic E-state index is 0.0992. The van der Waals surface area contributed by atoms with Crippen molar-refractivity contribution in [1.29, 1.82) is 0 Å². The first-order chi connectivity index (χ1) is 12.6. The molecule has 0 amide bonds. The summed E-state index contributed by atoms with van der Waals surface area (Å²) < 4.78 is 5.59. The van der Waals surface area contributed by atoms with Crippen LogP contribution in [-0.2, 0) is 0 Å². The van der Waals surface area contributed by atoms with Crippen LogP contribution in [0.5, 0.6) is 5.75 Å². The Morgan fingerprint density at radius 2 is 1.92 bits per heavy atom. The highest BCUT2D eigenvalue weighted by atomic mass is 35.5. The van der Waals surface area contributed by atoms with Crippen LogP contribution in [0.3, 0.4) is 0 Å². The fourth-order valence-corrected chi connectivity index (χ4v) is 3.36. The number of furan rings is 1. The molecule has 130 valence electrons. The van der Waals surface area contributed by atoms with Crippen molar-refractivity contribution in [2.24, 2.45) is 0 Å². The second-order valence-corrected chi connectivity index (χ2v) is 6.64. The van der Waals surface area contributed by atoms with Gasteiger partial charge in [0.15, 0.2) is 0 Å². The van der Waals surface area contributed by atoms with Gasteiger partial charge in [-0.2, -0.15) is 0 Å². The van der Waals surface area contributed by atoms with Crippen LogP contribution in [-0.4, -0.2) is 10.1 Å². The van der Waals surface area contributed by atoms with Gasteiger partial charge in [0.05, 0.1) is 17.0 Å². The van der Waals surface area contributed by atoms with E-state index in [1.165, 1.54) is 0 Å². The molecule has 6 heteroatoms. The van der Waals surface area contributed by atoms with Gasteiger partial charge in [0.25, 0.3) is 0 Å². The van der Waals surface area contributed by atoms with Crippen molar-refractivity contribution in [3.63, 3.8) is 0 Å². The fourth-order valence-electron chi connectivity index (χ4n) is 2.90. The number of hydrogen-bond acceptors (Lipinski definition) is 4. The standard InChI is InChI=1S/C20H14Cl2N2O2/c21-13-6-8-16(15(22)11-13)24-19(17-4-2-10-26-17)14-7-5-12-3-1-9-23-18(12)20(14)25/h1-11,19,24-25H. The smallest absolute Gasteiger partial charge is 0.147 e. The lowest BCUT2D eigenvalue weighted by Gasteiger charge is -2.21. The topological polar surface area (TPSA) is 58.3 Å². The predicted molar refractivity (Wildman–Crippen MR) is 104 cm³/mol. The monoisotopic (exact) mass is 384 g/mol. The lowest BCUT2D eigenvalue weighted by molar-refractivity contribution is 0.458. The molecular formula is C20H14Cl2N2O2. The number of nitrogens with zero attached hydrogens (tertiary/aromatic N) is 1. The van der Waals surface area contributed by atoms with Crippen LogP contribution in [0.2, 0.25) is 10.0 Å². The van der Waals surface area contributed by atoms with Crippen molar-refractivity contribution >= 4 is 39.8 Å². The first-order valence-corrected chi connectivity index (χ1v) is 8.70. The molecule has 2 N–H and O–H groups in total. The van der Waals surface area contributed by atoms with Crippen LogP contribution in [0.4, 0.5) is 5.69 Å². The maximum absolute atomic E-state index is 10.8. The van der Waals surface area contributed by atoms with Crippen LogP contribution in [0.1, 0.15) is 17.4 Å². The average Bonchev–Trinajstić information content (AvgIpc) is 3.17. The molecule has 2 heterocycles. The average molecular weight is 385 g/mol. The second kappa shape index (κ2) is 6.90. The van der Waals surface area contributed by atoms with Crippen molar-refractivity contribution < 1.29 is 9.52 Å². The Bertz CT molecular complexity index is 1060. The highest BCUT2D eigenvalue weighted by Gasteiger charge is 2.23. The molecule has 1 unspecified atom stereocenters. The summed E-state index contributed by atoms with van der Waals surface area (Å²) in [4.78, 5) is 4.29. The van der Waals surface area contributed by atoms with Crippen molar-refractivity contribution in [2.75, 3.05) is 5.32 Å². The molecule has 4 aromatic rings. The van der Waals surface area contributed by atoms with Crippen molar-refractivity contribution in [2.45, 2.75) is 6.04 Å². The second-order valence-electron chi connectivity index (χ2n) is 5.80. The first-order valence-electron chi connectivity index (χ1n) is 7.95. The van der Waals surface area contributed by atoms with Crippen molar-refractivity contribution in [1.82, 2.24) is 4.98 Å². The minimum atomic E-state index is -0.449. The number of halogens is 2. The van der Waals surface area contributed by atoms with Gasteiger partial charge in [0.1, 0.15) is 23.1 Å². The van der Waals surface area contributed by atoms with Gasteiger partial charge in [0, 0.05) is 22.2 Å². The normalized spacial score (nSPS) is 12.2. The van der Waals surface area contributed by atoms with Gasteiger partial charge in [0.2, 0.25) is 0 Å². The third-order valence-electron chi connectivity index (χ3n) is 4.15. The third kappa shape index (κ3) is 3.09. The molecule has 0 saturated heterocycles. The summed E-state index contributed by atoms with van der Waals surface area (Å²) in [7, 11) is 0. The molecule has 2 aromatic heterocycles. The van der Waals surface area contributed by atoms with Crippen LogP contribution >= 0.6 is 23.2 Å². The Morgan fingerprint density at radius 1 is 1.04 bits per heavy atom. The SMILES string of the molecule is Oc1c(C(Nc2ccc(Cl)cc2Cl)c2ccco2)ccc2cccnc12. The van der Waals surface area contributed by atoms with Crippen LogP contribution in [0, 0.1) is 0 Å². The predicted octanol–water partition coefficient (Wildman–Crippen LogP) is 6.04. The van der Waals surface area contributed by atoms with E-state index >= 15 is 0 Å². The molecule has 0 saturated carbocycles. The number of fused-ring (bicyclic) bond motifs is 1. The van der Waals surface area contributed by atoms with Crippen molar-refractivity contribution in [3.05, 3.63) is 88.4 Å². The molecule has 2 aromatic carbocycles. The highest BCUT2D eigenvalue weighted by molar-refractivity contribution is 6.36. The largest absolute Gasteiger partial charge is 0.505 e. The molecule has 1 atom stereocenters. The summed E-state index contributed by atoms with van der Waals surface area (Å²) in [6.07, 6.45) is 3.24. The number of nitrogens with one attached hydrogen (secondary N) is 1. The van der Waals surface area contributed by atoms with E-state index in [1.54, 1.807) is 36.7 Å². The number of pyridine rings is 1. The van der Waals surface area contributed by atoms with E-state index in [0.717, 1.165) is 5.39 Å². The van der Waals surface area contributed by atoms with Crippen LogP contribution in [0.25, 0.3) is 10.9 Å². The molecule has 0 aliphatic carbocycles. The first kappa shape index (κ1) is 16.8. The number of phenols is 1. The zero-order valence-electron chi connectivity index (χ0n) is 13.5. The molecular weight excluding hydrogens is 371 g/mol. The lowest BCUT2D eigenvalue weighted by atomic mass is 10.0. The summed E-state index contributed by atoms with van der Waals surface area (Å²) in [6.45, 7) is 0. The van der Waals surface area contributed by atoms with Gasteiger partial charge in [-0.25, -0.2) is 0 Å². The number of aromatic nitrogens is 1. The number of benzene rings is 2. The van der Waals surface area contributed by atoms with Gasteiger partial charge in [-0.05, 0) is 36.4 Å². The zero-order chi connectivity index (χ0) is 18.1. The number of phenolic OH excluding ortho intramolecular Hbond substituents is 1. The van der Waals surface area contributed by atoms with E-state index in [4.69, 9.17) is 27.6 Å². The quantitative estimate of drug-likeness (QED) is 0.450. The Kier molecular flexibility index (Phi) is 4.45. The molecule has 0 aliphatic heterocycles. The summed E-state index contributed by atoms with van der Waals surface area (Å²) in [5.74, 6) is 0.740. The molecule has 0 bridgehead atoms. The molecule has 0 aliphatic rings. The molecule has 0 radical (unpaired) electrons. The number of aromatic hydroxyl groups is 1. The van der Waals surface area contributed by atoms with Gasteiger partial charge in [-0.1, -0.05) is 41.4 Å².